The van der Waals surface area contributed by atoms with Crippen LogP contribution < -0.4 is 5.32 Å². The number of hydrogen-bond donors (Lipinski definition) is 2. The molecule has 1 aromatic carbocycles. The fourth-order valence-electron chi connectivity index (χ4n) is 2.48. The molecular formula is C16H21N3O4. The molecule has 0 aromatic heterocycles. The molecule has 23 heavy (non-hydrogen) atoms. The van der Waals surface area contributed by atoms with Crippen LogP contribution in [0.25, 0.3) is 0 Å². The lowest BCUT2D eigenvalue weighted by Crippen LogP contribution is -2.56. The number of nitrogens with zero attached hydrogens (tertiary/aromatic N) is 2. The highest BCUT2D eigenvalue weighted by Gasteiger charge is 2.30. The van der Waals surface area contributed by atoms with E-state index in [2.05, 4.69) is 5.32 Å². The molecule has 124 valence electrons. The van der Waals surface area contributed by atoms with Crippen molar-refractivity contribution in [2.45, 2.75) is 19.4 Å². The van der Waals surface area contributed by atoms with Gasteiger partial charge in [-0.1, -0.05) is 12.1 Å². The molecule has 0 unspecified atom stereocenters. The van der Waals surface area contributed by atoms with Crippen molar-refractivity contribution in [2.24, 2.45) is 0 Å². The minimum atomic E-state index is -0.728. The van der Waals surface area contributed by atoms with Gasteiger partial charge in [0.1, 0.15) is 11.8 Å². The first-order valence-corrected chi connectivity index (χ1v) is 7.44. The van der Waals surface area contributed by atoms with E-state index in [1.807, 2.05) is 0 Å². The molecule has 1 aromatic rings. The van der Waals surface area contributed by atoms with Crippen LogP contribution in [0.3, 0.4) is 0 Å². The monoisotopic (exact) mass is 319 g/mol. The molecule has 2 N–H and O–H groups in total. The largest absolute Gasteiger partial charge is 0.508 e. The van der Waals surface area contributed by atoms with Gasteiger partial charge in [-0.25, -0.2) is 0 Å². The van der Waals surface area contributed by atoms with Gasteiger partial charge in [-0.15, -0.1) is 0 Å². The number of aromatic hydroxyl groups is 1. The molecule has 0 spiro atoms. The highest BCUT2D eigenvalue weighted by Crippen LogP contribution is 2.13. The Morgan fingerprint density at radius 2 is 1.91 bits per heavy atom. The molecule has 1 aliphatic rings. The fraction of sp³-hybridized carbons (Fsp3) is 0.438. The van der Waals surface area contributed by atoms with Crippen LogP contribution in [0.5, 0.6) is 5.75 Å². The summed E-state index contributed by atoms with van der Waals surface area (Å²) in [5.74, 6) is -0.547. The Hall–Kier alpha value is -2.57. The van der Waals surface area contributed by atoms with Gasteiger partial charge < -0.3 is 20.2 Å². The Labute approximate surface area is 134 Å². The minimum Gasteiger partial charge on any atom is -0.508 e. The topological polar surface area (TPSA) is 89.9 Å². The lowest BCUT2D eigenvalue weighted by Gasteiger charge is -2.34. The van der Waals surface area contributed by atoms with E-state index < -0.39 is 6.04 Å². The molecule has 1 heterocycles. The normalized spacial score (nSPS) is 16.2. The predicted octanol–water partition coefficient (Wildman–Crippen LogP) is -0.260. The van der Waals surface area contributed by atoms with Gasteiger partial charge in [0.2, 0.25) is 17.7 Å². The zero-order valence-corrected chi connectivity index (χ0v) is 13.3. The summed E-state index contributed by atoms with van der Waals surface area (Å²) in [6.07, 6.45) is 0.305. The number of piperazine rings is 1. The molecule has 2 rings (SSSR count). The standard InChI is InChI=1S/C16H21N3O4/c1-11(20)17-14(9-12-3-5-13(21)6-4-12)16(23)19-8-7-18(2)15(22)10-19/h3-6,14,21H,7-10H2,1-2H3,(H,17,20)/t14-/m0/s1. The molecule has 7 heteroatoms. The summed E-state index contributed by atoms with van der Waals surface area (Å²) in [6, 6.07) is 5.74. The van der Waals surface area contributed by atoms with Crippen molar-refractivity contribution < 1.29 is 19.5 Å². The summed E-state index contributed by atoms with van der Waals surface area (Å²) in [6.45, 7) is 2.32. The van der Waals surface area contributed by atoms with Gasteiger partial charge in [-0.3, -0.25) is 14.4 Å². The highest BCUT2D eigenvalue weighted by atomic mass is 16.3. The van der Waals surface area contributed by atoms with Gasteiger partial charge >= 0.3 is 0 Å². The van der Waals surface area contributed by atoms with Crippen molar-refractivity contribution in [3.05, 3.63) is 29.8 Å². The number of phenolic OH excluding ortho intramolecular Hbond substituents is 1. The van der Waals surface area contributed by atoms with E-state index in [-0.39, 0.29) is 30.0 Å². The molecule has 3 amide bonds. The van der Waals surface area contributed by atoms with Gasteiger partial charge in [0.05, 0.1) is 6.54 Å². The first kappa shape index (κ1) is 16.8. The number of likely N-dealkylation sites (N-methyl/N-ethyl adjacent to an activating group) is 1. The average Bonchev–Trinajstić information content (AvgIpc) is 2.50. The number of hydrogen-bond acceptors (Lipinski definition) is 4. The zero-order valence-electron chi connectivity index (χ0n) is 13.3. The molecule has 1 aliphatic heterocycles. The molecule has 0 aliphatic carbocycles. The SMILES string of the molecule is CC(=O)N[C@@H](Cc1ccc(O)cc1)C(=O)N1CCN(C)C(=O)C1. The molecule has 1 fully saturated rings. The quantitative estimate of drug-likeness (QED) is 0.800. The van der Waals surface area contributed by atoms with Crippen LogP contribution in [0.15, 0.2) is 24.3 Å². The van der Waals surface area contributed by atoms with Crippen LogP contribution in [0.4, 0.5) is 0 Å². The van der Waals surface area contributed by atoms with Gasteiger partial charge in [0.15, 0.2) is 0 Å². The van der Waals surface area contributed by atoms with Gasteiger partial charge in [-0.05, 0) is 17.7 Å². The van der Waals surface area contributed by atoms with Gasteiger partial charge in [0, 0.05) is 33.5 Å². The van der Waals surface area contributed by atoms with Crippen molar-refractivity contribution in [2.75, 3.05) is 26.7 Å². The molecule has 1 saturated heterocycles. The molecule has 0 bridgehead atoms. The van der Waals surface area contributed by atoms with Crippen LogP contribution in [0.2, 0.25) is 0 Å². The third kappa shape index (κ3) is 4.45. The third-order valence-corrected chi connectivity index (χ3v) is 3.82. The zero-order chi connectivity index (χ0) is 17.0. The maximum Gasteiger partial charge on any atom is 0.246 e. The number of nitrogens with one attached hydrogen (secondary N) is 1. The third-order valence-electron chi connectivity index (χ3n) is 3.82. The second-order valence-electron chi connectivity index (χ2n) is 5.70. The Bertz CT molecular complexity index is 600. The van der Waals surface area contributed by atoms with Crippen molar-refractivity contribution in [1.82, 2.24) is 15.1 Å². The number of amides is 3. The van der Waals surface area contributed by atoms with E-state index in [0.717, 1.165) is 5.56 Å². The predicted molar refractivity (Wildman–Crippen MR) is 83.6 cm³/mol. The van der Waals surface area contributed by atoms with Crippen LogP contribution in [0.1, 0.15) is 12.5 Å². The first-order chi connectivity index (χ1) is 10.9. The maximum atomic E-state index is 12.6. The van der Waals surface area contributed by atoms with Gasteiger partial charge in [0.25, 0.3) is 0 Å². The maximum absolute atomic E-state index is 12.6. The average molecular weight is 319 g/mol. The highest BCUT2D eigenvalue weighted by molar-refractivity contribution is 5.91. The summed E-state index contributed by atoms with van der Waals surface area (Å²) >= 11 is 0. The summed E-state index contributed by atoms with van der Waals surface area (Å²) < 4.78 is 0. The van der Waals surface area contributed by atoms with E-state index in [9.17, 15) is 19.5 Å². The summed E-state index contributed by atoms with van der Waals surface area (Å²) in [4.78, 5) is 38.9. The molecule has 0 saturated carbocycles. The van der Waals surface area contributed by atoms with Crippen molar-refractivity contribution in [1.29, 1.82) is 0 Å². The van der Waals surface area contributed by atoms with E-state index in [1.54, 1.807) is 24.1 Å². The number of carbonyl (C=O) groups is 3. The van der Waals surface area contributed by atoms with Crippen LogP contribution in [-0.4, -0.2) is 65.4 Å². The van der Waals surface area contributed by atoms with Crippen molar-refractivity contribution in [3.63, 3.8) is 0 Å². The summed E-state index contributed by atoms with van der Waals surface area (Å²) in [7, 11) is 1.70. The van der Waals surface area contributed by atoms with Crippen LogP contribution in [-0.2, 0) is 20.8 Å². The smallest absolute Gasteiger partial charge is 0.246 e. The van der Waals surface area contributed by atoms with Crippen molar-refractivity contribution in [3.8, 4) is 5.75 Å². The van der Waals surface area contributed by atoms with Gasteiger partial charge in [-0.2, -0.15) is 0 Å². The first-order valence-electron chi connectivity index (χ1n) is 7.44. The molecule has 7 nitrogen and oxygen atoms in total. The number of benzene rings is 1. The minimum absolute atomic E-state index is 0.0288. The summed E-state index contributed by atoms with van der Waals surface area (Å²) in [5, 5.41) is 12.0. The fourth-order valence-corrected chi connectivity index (χ4v) is 2.48. The Balaban J connectivity index is 2.10. The lowest BCUT2D eigenvalue weighted by molar-refractivity contribution is -0.146. The Morgan fingerprint density at radius 1 is 1.26 bits per heavy atom. The van der Waals surface area contributed by atoms with Crippen molar-refractivity contribution >= 4 is 17.7 Å². The van der Waals surface area contributed by atoms with Crippen LogP contribution in [0, 0.1) is 0 Å². The molecule has 0 radical (unpaired) electrons. The number of rotatable bonds is 4. The summed E-state index contributed by atoms with van der Waals surface area (Å²) in [5.41, 5.74) is 0.815. The Morgan fingerprint density at radius 3 is 2.48 bits per heavy atom. The second-order valence-corrected chi connectivity index (χ2v) is 5.70. The number of phenols is 1. The Kier molecular flexibility index (Phi) is 5.20. The van der Waals surface area contributed by atoms with E-state index in [1.165, 1.54) is 24.0 Å². The van der Waals surface area contributed by atoms with E-state index >= 15 is 0 Å². The molecule has 1 atom stereocenters. The van der Waals surface area contributed by atoms with Crippen LogP contribution >= 0.6 is 0 Å². The van der Waals surface area contributed by atoms with E-state index in [0.29, 0.717) is 19.5 Å². The van der Waals surface area contributed by atoms with E-state index in [4.69, 9.17) is 0 Å². The lowest BCUT2D eigenvalue weighted by atomic mass is 10.0. The molecular weight excluding hydrogens is 298 g/mol. The second kappa shape index (κ2) is 7.13. The number of carbonyl (C=O) groups excluding carboxylic acids is 3.